The van der Waals surface area contributed by atoms with Gasteiger partial charge < -0.3 is 5.73 Å². The number of halogens is 1. The summed E-state index contributed by atoms with van der Waals surface area (Å²) in [6, 6.07) is 6.04. The van der Waals surface area contributed by atoms with Crippen molar-refractivity contribution in [2.45, 2.75) is 32.9 Å². The lowest BCUT2D eigenvalue weighted by Crippen LogP contribution is -2.31. The topological polar surface area (TPSA) is 43.8 Å². The molecule has 2 unspecified atom stereocenters. The third-order valence-corrected chi connectivity index (χ3v) is 3.99. The summed E-state index contributed by atoms with van der Waals surface area (Å²) in [5, 5.41) is 4.52. The first-order chi connectivity index (χ1) is 7.99. The van der Waals surface area contributed by atoms with E-state index in [1.54, 1.807) is 11.3 Å². The normalized spacial score (nSPS) is 14.9. The van der Waals surface area contributed by atoms with Gasteiger partial charge in [-0.2, -0.15) is 5.10 Å². The van der Waals surface area contributed by atoms with Crippen molar-refractivity contribution >= 4 is 22.9 Å². The maximum atomic E-state index is 6.09. The summed E-state index contributed by atoms with van der Waals surface area (Å²) < 4.78 is 2.77. The SMILES string of the molecule is Cc1cc(C)n(C(c2ccc(Cl)s2)C(C)N)n1. The highest BCUT2D eigenvalue weighted by Gasteiger charge is 2.22. The van der Waals surface area contributed by atoms with E-state index >= 15 is 0 Å². The van der Waals surface area contributed by atoms with Crippen molar-refractivity contribution in [3.63, 3.8) is 0 Å². The molecule has 2 aromatic heterocycles. The Labute approximate surface area is 110 Å². The third-order valence-electron chi connectivity index (χ3n) is 2.69. The maximum Gasteiger partial charge on any atom is 0.101 e. The Morgan fingerprint density at radius 3 is 2.53 bits per heavy atom. The minimum atomic E-state index is -0.0114. The predicted octanol–water partition coefficient (Wildman–Crippen LogP) is 3.15. The lowest BCUT2D eigenvalue weighted by atomic mass is 10.1. The summed E-state index contributed by atoms with van der Waals surface area (Å²) in [6.07, 6.45) is 0. The Morgan fingerprint density at radius 2 is 2.12 bits per heavy atom. The second kappa shape index (κ2) is 4.80. The fourth-order valence-corrected chi connectivity index (χ4v) is 3.28. The van der Waals surface area contributed by atoms with Crippen molar-refractivity contribution in [1.82, 2.24) is 9.78 Å². The fourth-order valence-electron chi connectivity index (χ4n) is 2.02. The molecule has 2 heterocycles. The molecule has 2 rings (SSSR count). The van der Waals surface area contributed by atoms with Crippen LogP contribution >= 0.6 is 22.9 Å². The molecule has 0 aliphatic carbocycles. The van der Waals surface area contributed by atoms with Crippen LogP contribution in [0.2, 0.25) is 4.34 Å². The van der Waals surface area contributed by atoms with Crippen LogP contribution in [-0.4, -0.2) is 15.8 Å². The van der Waals surface area contributed by atoms with E-state index in [0.29, 0.717) is 0 Å². The molecule has 0 bridgehead atoms. The number of nitrogens with zero attached hydrogens (tertiary/aromatic N) is 2. The van der Waals surface area contributed by atoms with Crippen LogP contribution in [-0.2, 0) is 0 Å². The monoisotopic (exact) mass is 269 g/mol. The molecule has 17 heavy (non-hydrogen) atoms. The minimum Gasteiger partial charge on any atom is -0.326 e. The highest BCUT2D eigenvalue weighted by atomic mass is 35.5. The third kappa shape index (κ3) is 2.54. The molecule has 0 fully saturated rings. The Bertz CT molecular complexity index is 516. The zero-order chi connectivity index (χ0) is 12.6. The average Bonchev–Trinajstić information content (AvgIpc) is 2.75. The molecule has 0 aliphatic heterocycles. The van der Waals surface area contributed by atoms with Crippen LogP contribution in [0.5, 0.6) is 0 Å². The number of hydrogen-bond donors (Lipinski definition) is 1. The maximum absolute atomic E-state index is 6.09. The van der Waals surface area contributed by atoms with Crippen LogP contribution in [0.1, 0.15) is 29.2 Å². The molecule has 0 aliphatic rings. The molecule has 2 atom stereocenters. The Morgan fingerprint density at radius 1 is 1.41 bits per heavy atom. The van der Waals surface area contributed by atoms with Crippen molar-refractivity contribution in [3.05, 3.63) is 38.8 Å². The Hall–Kier alpha value is -0.840. The molecule has 0 aromatic carbocycles. The van der Waals surface area contributed by atoms with Gasteiger partial charge in [0.1, 0.15) is 6.04 Å². The summed E-state index contributed by atoms with van der Waals surface area (Å²) in [6.45, 7) is 6.03. The van der Waals surface area contributed by atoms with E-state index in [1.165, 1.54) is 0 Å². The number of hydrogen-bond acceptors (Lipinski definition) is 3. The lowest BCUT2D eigenvalue weighted by molar-refractivity contribution is 0.450. The molecule has 0 spiro atoms. The highest BCUT2D eigenvalue weighted by molar-refractivity contribution is 7.16. The van der Waals surface area contributed by atoms with E-state index in [4.69, 9.17) is 17.3 Å². The molecule has 2 N–H and O–H groups in total. The molecule has 5 heteroatoms. The molecule has 0 amide bonds. The zero-order valence-electron chi connectivity index (χ0n) is 10.1. The first-order valence-electron chi connectivity index (χ1n) is 5.52. The molecule has 92 valence electrons. The number of aryl methyl sites for hydroxylation is 2. The summed E-state index contributed by atoms with van der Waals surface area (Å²) in [7, 11) is 0. The van der Waals surface area contributed by atoms with E-state index in [2.05, 4.69) is 11.2 Å². The van der Waals surface area contributed by atoms with Gasteiger partial charge in [-0.1, -0.05) is 11.6 Å². The van der Waals surface area contributed by atoms with Gasteiger partial charge >= 0.3 is 0 Å². The standard InChI is InChI=1S/C12H16ClN3S/c1-7-6-8(2)16(15-7)12(9(3)14)10-4-5-11(13)17-10/h4-6,9,12H,14H2,1-3H3. The highest BCUT2D eigenvalue weighted by Crippen LogP contribution is 2.31. The van der Waals surface area contributed by atoms with Crippen LogP contribution in [0.4, 0.5) is 0 Å². The number of nitrogens with two attached hydrogens (primary N) is 1. The van der Waals surface area contributed by atoms with E-state index in [-0.39, 0.29) is 12.1 Å². The van der Waals surface area contributed by atoms with Crippen LogP contribution in [0, 0.1) is 13.8 Å². The van der Waals surface area contributed by atoms with Crippen LogP contribution in [0.15, 0.2) is 18.2 Å². The Kier molecular flexibility index (Phi) is 3.56. The van der Waals surface area contributed by atoms with Crippen LogP contribution < -0.4 is 5.73 Å². The summed E-state index contributed by atoms with van der Waals surface area (Å²) in [5.41, 5.74) is 8.22. The van der Waals surface area contributed by atoms with Gasteiger partial charge in [-0.25, -0.2) is 0 Å². The molecule has 2 aromatic rings. The van der Waals surface area contributed by atoms with Gasteiger partial charge in [0, 0.05) is 16.6 Å². The van der Waals surface area contributed by atoms with Crippen LogP contribution in [0.3, 0.4) is 0 Å². The Balaban J connectivity index is 2.46. The molecule has 3 nitrogen and oxygen atoms in total. The largest absolute Gasteiger partial charge is 0.326 e. The smallest absolute Gasteiger partial charge is 0.101 e. The number of thiophene rings is 1. The quantitative estimate of drug-likeness (QED) is 0.930. The van der Waals surface area contributed by atoms with Gasteiger partial charge in [0.25, 0.3) is 0 Å². The second-order valence-electron chi connectivity index (χ2n) is 4.32. The van der Waals surface area contributed by atoms with Gasteiger partial charge in [-0.05, 0) is 39.0 Å². The van der Waals surface area contributed by atoms with Crippen molar-refractivity contribution < 1.29 is 0 Å². The van der Waals surface area contributed by atoms with Crippen molar-refractivity contribution in [1.29, 1.82) is 0 Å². The predicted molar refractivity (Wildman–Crippen MR) is 72.8 cm³/mol. The van der Waals surface area contributed by atoms with Gasteiger partial charge in [-0.3, -0.25) is 4.68 Å². The first kappa shape index (κ1) is 12.6. The number of aromatic nitrogens is 2. The van der Waals surface area contributed by atoms with Crippen molar-refractivity contribution in [2.75, 3.05) is 0 Å². The first-order valence-corrected chi connectivity index (χ1v) is 6.72. The van der Waals surface area contributed by atoms with Gasteiger partial charge in [-0.15, -0.1) is 11.3 Å². The fraction of sp³-hybridized carbons (Fsp3) is 0.417. The summed E-state index contributed by atoms with van der Waals surface area (Å²) >= 11 is 7.55. The van der Waals surface area contributed by atoms with E-state index < -0.39 is 0 Å². The van der Waals surface area contributed by atoms with Crippen molar-refractivity contribution in [2.24, 2.45) is 5.73 Å². The van der Waals surface area contributed by atoms with E-state index in [0.717, 1.165) is 20.6 Å². The molecule has 0 saturated heterocycles. The molecule has 0 radical (unpaired) electrons. The summed E-state index contributed by atoms with van der Waals surface area (Å²) in [5.74, 6) is 0. The van der Waals surface area contributed by atoms with Gasteiger partial charge in [0.15, 0.2) is 0 Å². The molecule has 0 saturated carbocycles. The van der Waals surface area contributed by atoms with E-state index in [1.807, 2.05) is 37.6 Å². The zero-order valence-corrected chi connectivity index (χ0v) is 11.7. The van der Waals surface area contributed by atoms with Crippen molar-refractivity contribution in [3.8, 4) is 0 Å². The molecular weight excluding hydrogens is 254 g/mol. The second-order valence-corrected chi connectivity index (χ2v) is 6.06. The molecular formula is C12H16ClN3S. The number of rotatable bonds is 3. The van der Waals surface area contributed by atoms with E-state index in [9.17, 15) is 0 Å². The summed E-state index contributed by atoms with van der Waals surface area (Å²) in [4.78, 5) is 1.15. The minimum absolute atomic E-state index is 0.0114. The average molecular weight is 270 g/mol. The van der Waals surface area contributed by atoms with Crippen LogP contribution in [0.25, 0.3) is 0 Å². The van der Waals surface area contributed by atoms with Gasteiger partial charge in [0.05, 0.1) is 10.0 Å². The lowest BCUT2D eigenvalue weighted by Gasteiger charge is -2.21. The van der Waals surface area contributed by atoms with Gasteiger partial charge in [0.2, 0.25) is 0 Å².